The molecule has 1 heterocycles. The molecule has 3 rings (SSSR count). The molecule has 2 N–H and O–H groups in total. The molecule has 2 aromatic carbocycles. The summed E-state index contributed by atoms with van der Waals surface area (Å²) in [6, 6.07) is 14.7. The third-order valence-electron chi connectivity index (χ3n) is 2.95. The van der Waals surface area contributed by atoms with Crippen LogP contribution >= 0.6 is 11.3 Å². The first-order chi connectivity index (χ1) is 8.76. The number of hydrogen-bond donors (Lipinski definition) is 1. The average molecular weight is 254 g/mol. The first-order valence-electron chi connectivity index (χ1n) is 5.93. The smallest absolute Gasteiger partial charge is 0.124 e. The van der Waals surface area contributed by atoms with Crippen LogP contribution in [-0.4, -0.2) is 4.98 Å². The van der Waals surface area contributed by atoms with Crippen molar-refractivity contribution in [2.24, 2.45) is 5.73 Å². The number of hydrogen-bond acceptors (Lipinski definition) is 3. The summed E-state index contributed by atoms with van der Waals surface area (Å²) >= 11 is 1.73. The van der Waals surface area contributed by atoms with Gasteiger partial charge in [0.2, 0.25) is 0 Å². The number of rotatable bonds is 2. The van der Waals surface area contributed by atoms with Crippen LogP contribution in [0.15, 0.2) is 42.5 Å². The van der Waals surface area contributed by atoms with Crippen molar-refractivity contribution in [2.75, 3.05) is 0 Å². The number of aromatic nitrogens is 1. The lowest BCUT2D eigenvalue weighted by Gasteiger charge is -1.99. The fraction of sp³-hybridized carbons (Fsp3) is 0.133. The van der Waals surface area contributed by atoms with Gasteiger partial charge in [-0.15, -0.1) is 11.3 Å². The van der Waals surface area contributed by atoms with Gasteiger partial charge in [0.1, 0.15) is 5.01 Å². The van der Waals surface area contributed by atoms with Gasteiger partial charge >= 0.3 is 0 Å². The van der Waals surface area contributed by atoms with E-state index in [1.165, 1.54) is 10.3 Å². The van der Waals surface area contributed by atoms with Crippen LogP contribution in [0.2, 0.25) is 0 Å². The van der Waals surface area contributed by atoms with E-state index in [-0.39, 0.29) is 0 Å². The fourth-order valence-electron chi connectivity index (χ4n) is 1.99. The van der Waals surface area contributed by atoms with Gasteiger partial charge in [0.15, 0.2) is 0 Å². The minimum Gasteiger partial charge on any atom is -0.326 e. The van der Waals surface area contributed by atoms with Gasteiger partial charge < -0.3 is 5.73 Å². The van der Waals surface area contributed by atoms with E-state index >= 15 is 0 Å². The molecule has 1 aromatic heterocycles. The van der Waals surface area contributed by atoms with Crippen LogP contribution < -0.4 is 5.73 Å². The molecule has 0 amide bonds. The quantitative estimate of drug-likeness (QED) is 0.756. The maximum atomic E-state index is 5.67. The van der Waals surface area contributed by atoms with Crippen molar-refractivity contribution in [3.63, 3.8) is 0 Å². The zero-order valence-corrected chi connectivity index (χ0v) is 11.0. The molecule has 0 aliphatic heterocycles. The number of fused-ring (bicyclic) bond motifs is 1. The Morgan fingerprint density at radius 2 is 2.06 bits per heavy atom. The molecule has 0 radical (unpaired) electrons. The molecule has 90 valence electrons. The Kier molecular flexibility index (Phi) is 2.86. The summed E-state index contributed by atoms with van der Waals surface area (Å²) in [7, 11) is 0. The Bertz CT molecular complexity index is 701. The van der Waals surface area contributed by atoms with E-state index in [1.807, 2.05) is 12.1 Å². The van der Waals surface area contributed by atoms with E-state index in [2.05, 4.69) is 37.3 Å². The normalized spacial score (nSPS) is 11.0. The topological polar surface area (TPSA) is 38.9 Å². The van der Waals surface area contributed by atoms with Crippen molar-refractivity contribution in [2.45, 2.75) is 13.5 Å². The Morgan fingerprint density at radius 3 is 2.89 bits per heavy atom. The fourth-order valence-corrected chi connectivity index (χ4v) is 2.93. The number of aryl methyl sites for hydroxylation is 1. The molecule has 18 heavy (non-hydrogen) atoms. The maximum absolute atomic E-state index is 5.67. The zero-order chi connectivity index (χ0) is 12.5. The van der Waals surface area contributed by atoms with Crippen LogP contribution in [0.25, 0.3) is 20.8 Å². The maximum Gasteiger partial charge on any atom is 0.124 e. The van der Waals surface area contributed by atoms with E-state index in [1.54, 1.807) is 11.3 Å². The molecule has 3 heteroatoms. The van der Waals surface area contributed by atoms with E-state index in [0.29, 0.717) is 6.54 Å². The van der Waals surface area contributed by atoms with Crippen LogP contribution in [0.4, 0.5) is 0 Å². The monoisotopic (exact) mass is 254 g/mol. The summed E-state index contributed by atoms with van der Waals surface area (Å²) in [4.78, 5) is 4.70. The van der Waals surface area contributed by atoms with Gasteiger partial charge in [-0.2, -0.15) is 0 Å². The standard InChI is InChI=1S/C15H14N2S/c1-10-5-6-14-13(7-10)17-15(18-14)12-4-2-3-11(8-12)9-16/h2-8H,9,16H2,1H3. The molecule has 2 nitrogen and oxygen atoms in total. The van der Waals surface area contributed by atoms with Crippen molar-refractivity contribution in [1.29, 1.82) is 0 Å². The minimum atomic E-state index is 0.567. The van der Waals surface area contributed by atoms with E-state index in [4.69, 9.17) is 10.7 Å². The van der Waals surface area contributed by atoms with Crippen molar-refractivity contribution < 1.29 is 0 Å². The average Bonchev–Trinajstić information content (AvgIpc) is 2.81. The van der Waals surface area contributed by atoms with E-state index in [0.717, 1.165) is 21.7 Å². The van der Waals surface area contributed by atoms with Crippen molar-refractivity contribution >= 4 is 21.6 Å². The third kappa shape index (κ3) is 2.03. The first-order valence-corrected chi connectivity index (χ1v) is 6.74. The summed E-state index contributed by atoms with van der Waals surface area (Å²) in [6.07, 6.45) is 0. The lowest BCUT2D eigenvalue weighted by atomic mass is 10.1. The Hall–Kier alpha value is -1.71. The molecule has 0 unspecified atom stereocenters. The molecule has 0 fully saturated rings. The van der Waals surface area contributed by atoms with E-state index < -0.39 is 0 Å². The van der Waals surface area contributed by atoms with Crippen LogP contribution in [0, 0.1) is 6.92 Å². The molecule has 0 aliphatic carbocycles. The van der Waals surface area contributed by atoms with Gasteiger partial charge in [0.25, 0.3) is 0 Å². The number of benzene rings is 2. The second-order valence-corrected chi connectivity index (χ2v) is 5.43. The number of nitrogens with zero attached hydrogens (tertiary/aromatic N) is 1. The highest BCUT2D eigenvalue weighted by atomic mass is 32.1. The second-order valence-electron chi connectivity index (χ2n) is 4.39. The molecule has 0 saturated heterocycles. The highest BCUT2D eigenvalue weighted by Crippen LogP contribution is 2.30. The molecule has 0 bridgehead atoms. The number of thiazole rings is 1. The Labute approximate surface area is 110 Å². The largest absolute Gasteiger partial charge is 0.326 e. The minimum absolute atomic E-state index is 0.567. The van der Waals surface area contributed by atoms with Crippen LogP contribution in [0.3, 0.4) is 0 Å². The van der Waals surface area contributed by atoms with Gasteiger partial charge in [-0.25, -0.2) is 4.98 Å². The van der Waals surface area contributed by atoms with Crippen LogP contribution in [0.5, 0.6) is 0 Å². The number of nitrogens with two attached hydrogens (primary N) is 1. The van der Waals surface area contributed by atoms with Gasteiger partial charge in [-0.3, -0.25) is 0 Å². The van der Waals surface area contributed by atoms with Crippen LogP contribution in [-0.2, 0) is 6.54 Å². The Morgan fingerprint density at radius 1 is 1.17 bits per heavy atom. The highest BCUT2D eigenvalue weighted by molar-refractivity contribution is 7.21. The predicted octanol–water partition coefficient (Wildman–Crippen LogP) is 3.73. The second kappa shape index (κ2) is 4.52. The summed E-state index contributed by atoms with van der Waals surface area (Å²) in [6.45, 7) is 2.66. The van der Waals surface area contributed by atoms with Gasteiger partial charge in [-0.05, 0) is 36.2 Å². The molecule has 3 aromatic rings. The lowest BCUT2D eigenvalue weighted by Crippen LogP contribution is -1.95. The SMILES string of the molecule is Cc1ccc2sc(-c3cccc(CN)c3)nc2c1. The third-order valence-corrected chi connectivity index (χ3v) is 4.04. The molecule has 0 atom stereocenters. The summed E-state index contributed by atoms with van der Waals surface area (Å²) in [5.41, 5.74) is 10.3. The zero-order valence-electron chi connectivity index (χ0n) is 10.2. The summed E-state index contributed by atoms with van der Waals surface area (Å²) in [5, 5.41) is 1.06. The van der Waals surface area contributed by atoms with Crippen molar-refractivity contribution in [1.82, 2.24) is 4.98 Å². The van der Waals surface area contributed by atoms with Gasteiger partial charge in [-0.1, -0.05) is 24.3 Å². The van der Waals surface area contributed by atoms with Crippen molar-refractivity contribution in [3.8, 4) is 10.6 Å². The molecular formula is C15H14N2S. The lowest BCUT2D eigenvalue weighted by molar-refractivity contribution is 1.07. The van der Waals surface area contributed by atoms with Gasteiger partial charge in [0, 0.05) is 12.1 Å². The summed E-state index contributed by atoms with van der Waals surface area (Å²) in [5.74, 6) is 0. The highest BCUT2D eigenvalue weighted by Gasteiger charge is 2.06. The van der Waals surface area contributed by atoms with Crippen LogP contribution in [0.1, 0.15) is 11.1 Å². The summed E-state index contributed by atoms with van der Waals surface area (Å²) < 4.78 is 1.23. The molecule has 0 saturated carbocycles. The molecular weight excluding hydrogens is 240 g/mol. The first kappa shape index (κ1) is 11.4. The van der Waals surface area contributed by atoms with E-state index in [9.17, 15) is 0 Å². The molecule has 0 aliphatic rings. The Balaban J connectivity index is 2.13. The predicted molar refractivity (Wildman–Crippen MR) is 77.7 cm³/mol. The van der Waals surface area contributed by atoms with Gasteiger partial charge in [0.05, 0.1) is 10.2 Å². The molecule has 0 spiro atoms. The van der Waals surface area contributed by atoms with Crippen molar-refractivity contribution in [3.05, 3.63) is 53.6 Å².